The van der Waals surface area contributed by atoms with Crippen molar-refractivity contribution in [1.82, 2.24) is 24.7 Å². The predicted molar refractivity (Wildman–Crippen MR) is 118 cm³/mol. The average molecular weight is 426 g/mol. The summed E-state index contributed by atoms with van der Waals surface area (Å²) in [6.45, 7) is 4.03. The Hall–Kier alpha value is -3.59. The van der Waals surface area contributed by atoms with E-state index in [2.05, 4.69) is 45.3 Å². The molecule has 1 aliphatic heterocycles. The third kappa shape index (κ3) is 3.36. The summed E-state index contributed by atoms with van der Waals surface area (Å²) in [5, 5.41) is 31.6. The monoisotopic (exact) mass is 425 g/mol. The van der Waals surface area contributed by atoms with Gasteiger partial charge in [-0.2, -0.15) is 20.7 Å². The van der Waals surface area contributed by atoms with Gasteiger partial charge in [0.15, 0.2) is 0 Å². The highest BCUT2D eigenvalue weighted by Crippen LogP contribution is 2.37. The molecule has 0 bridgehead atoms. The maximum Gasteiger partial charge on any atom is 0.103 e. The molecule has 7 nitrogen and oxygen atoms in total. The number of pyridine rings is 1. The lowest BCUT2D eigenvalue weighted by molar-refractivity contribution is 0.480. The van der Waals surface area contributed by atoms with E-state index in [9.17, 15) is 10.5 Å². The summed E-state index contributed by atoms with van der Waals surface area (Å²) in [5.41, 5.74) is 4.98. The van der Waals surface area contributed by atoms with Gasteiger partial charge in [0.05, 0.1) is 35.1 Å². The second-order valence-corrected chi connectivity index (χ2v) is 8.58. The molecule has 0 saturated carbocycles. The number of aromatic nitrogens is 4. The molecule has 1 atom stereocenters. The summed E-state index contributed by atoms with van der Waals surface area (Å²) < 4.78 is 3.85. The third-order valence-electron chi connectivity index (χ3n) is 5.66. The molecule has 1 aromatic carbocycles. The van der Waals surface area contributed by atoms with Gasteiger partial charge in [-0.3, -0.25) is 4.68 Å². The summed E-state index contributed by atoms with van der Waals surface area (Å²) in [7, 11) is 0. The maximum absolute atomic E-state index is 9.59. The lowest BCUT2D eigenvalue weighted by Gasteiger charge is -2.13. The fourth-order valence-corrected chi connectivity index (χ4v) is 5.17. The molecule has 1 aliphatic rings. The van der Waals surface area contributed by atoms with Gasteiger partial charge in [-0.25, -0.2) is 4.52 Å². The molecule has 1 N–H and O–H groups in total. The quantitative estimate of drug-likeness (QED) is 0.532. The van der Waals surface area contributed by atoms with Gasteiger partial charge in [-0.05, 0) is 38.1 Å². The van der Waals surface area contributed by atoms with E-state index in [0.29, 0.717) is 17.2 Å². The van der Waals surface area contributed by atoms with Crippen molar-refractivity contribution in [3.8, 4) is 23.3 Å². The maximum atomic E-state index is 9.59. The van der Waals surface area contributed by atoms with Crippen molar-refractivity contribution in [2.45, 2.75) is 29.2 Å². The summed E-state index contributed by atoms with van der Waals surface area (Å²) in [4.78, 5) is 1.72. The van der Waals surface area contributed by atoms with E-state index in [4.69, 9.17) is 0 Å². The minimum Gasteiger partial charge on any atom is -0.315 e. The van der Waals surface area contributed by atoms with Crippen LogP contribution in [0.25, 0.3) is 16.6 Å². The van der Waals surface area contributed by atoms with E-state index >= 15 is 0 Å². The first kappa shape index (κ1) is 19.4. The molecule has 0 aliphatic carbocycles. The van der Waals surface area contributed by atoms with Crippen LogP contribution in [-0.2, 0) is 0 Å². The van der Waals surface area contributed by atoms with E-state index in [1.165, 1.54) is 11.8 Å². The Labute approximate surface area is 183 Å². The van der Waals surface area contributed by atoms with E-state index < -0.39 is 0 Å². The zero-order valence-electron chi connectivity index (χ0n) is 16.9. The van der Waals surface area contributed by atoms with Gasteiger partial charge >= 0.3 is 0 Å². The highest BCUT2D eigenvalue weighted by atomic mass is 32.2. The van der Waals surface area contributed by atoms with E-state index in [1.807, 2.05) is 30.6 Å². The Bertz CT molecular complexity index is 1360. The Balaban J connectivity index is 1.65. The van der Waals surface area contributed by atoms with Crippen LogP contribution in [0.3, 0.4) is 0 Å². The fraction of sp³-hybridized carbons (Fsp3) is 0.217. The number of nitriles is 2. The SMILES string of the molecule is Cc1c(-c2cc(Sc3ccccc3C#N)c3c(C#N)cnn3c2)cnn1[C@@H]1CCNC1. The molecule has 8 heteroatoms. The molecule has 31 heavy (non-hydrogen) atoms. The van der Waals surface area contributed by atoms with E-state index in [1.54, 1.807) is 16.8 Å². The lowest BCUT2D eigenvalue weighted by atomic mass is 10.1. The zero-order chi connectivity index (χ0) is 21.4. The van der Waals surface area contributed by atoms with Crippen LogP contribution in [0.4, 0.5) is 0 Å². The smallest absolute Gasteiger partial charge is 0.103 e. The molecule has 3 aromatic heterocycles. The molecule has 5 rings (SSSR count). The number of hydrogen-bond acceptors (Lipinski definition) is 6. The van der Waals surface area contributed by atoms with Crippen molar-refractivity contribution in [2.75, 3.05) is 13.1 Å². The van der Waals surface area contributed by atoms with Crippen molar-refractivity contribution in [2.24, 2.45) is 0 Å². The molecule has 0 radical (unpaired) electrons. The topological polar surface area (TPSA) is 94.7 Å². The number of benzene rings is 1. The zero-order valence-corrected chi connectivity index (χ0v) is 17.7. The minimum absolute atomic E-state index is 0.365. The van der Waals surface area contributed by atoms with Crippen LogP contribution in [0, 0.1) is 29.6 Å². The van der Waals surface area contributed by atoms with E-state index in [0.717, 1.165) is 51.6 Å². The Morgan fingerprint density at radius 1 is 1.10 bits per heavy atom. The molecule has 4 aromatic rings. The number of nitrogens with zero attached hydrogens (tertiary/aromatic N) is 6. The highest BCUT2D eigenvalue weighted by Gasteiger charge is 2.22. The first-order chi connectivity index (χ1) is 15.2. The Kier molecular flexibility index (Phi) is 4.95. The van der Waals surface area contributed by atoms with Crippen molar-refractivity contribution in [3.05, 3.63) is 65.7 Å². The van der Waals surface area contributed by atoms with Gasteiger partial charge in [0, 0.05) is 39.4 Å². The van der Waals surface area contributed by atoms with Gasteiger partial charge in [0.1, 0.15) is 12.1 Å². The first-order valence-electron chi connectivity index (χ1n) is 10.0. The van der Waals surface area contributed by atoms with Crippen LogP contribution in [0.15, 0.2) is 58.7 Å². The van der Waals surface area contributed by atoms with Crippen LogP contribution in [0.5, 0.6) is 0 Å². The summed E-state index contributed by atoms with van der Waals surface area (Å²) in [6, 6.07) is 14.4. The van der Waals surface area contributed by atoms with Crippen molar-refractivity contribution in [3.63, 3.8) is 0 Å². The minimum atomic E-state index is 0.365. The van der Waals surface area contributed by atoms with Crippen molar-refractivity contribution in [1.29, 1.82) is 10.5 Å². The first-order valence-corrected chi connectivity index (χ1v) is 10.8. The summed E-state index contributed by atoms with van der Waals surface area (Å²) in [5.74, 6) is 0. The predicted octanol–water partition coefficient (Wildman–Crippen LogP) is 3.94. The number of fused-ring (bicyclic) bond motifs is 1. The lowest BCUT2D eigenvalue weighted by Crippen LogP contribution is -2.15. The highest BCUT2D eigenvalue weighted by molar-refractivity contribution is 7.99. The molecular formula is C23H19N7S. The number of rotatable bonds is 4. The fourth-order valence-electron chi connectivity index (χ4n) is 4.08. The summed E-state index contributed by atoms with van der Waals surface area (Å²) in [6.07, 6.45) is 6.50. The number of nitrogens with one attached hydrogen (secondary N) is 1. The van der Waals surface area contributed by atoms with Crippen molar-refractivity contribution < 1.29 is 0 Å². The molecule has 152 valence electrons. The molecule has 1 fully saturated rings. The van der Waals surface area contributed by atoms with Crippen LogP contribution in [-0.4, -0.2) is 32.5 Å². The Morgan fingerprint density at radius 2 is 1.94 bits per heavy atom. The van der Waals surface area contributed by atoms with Crippen LogP contribution in [0.2, 0.25) is 0 Å². The summed E-state index contributed by atoms with van der Waals surface area (Å²) >= 11 is 1.48. The van der Waals surface area contributed by atoms with Crippen molar-refractivity contribution >= 4 is 17.3 Å². The molecule has 0 spiro atoms. The molecular weight excluding hydrogens is 406 g/mol. The Morgan fingerprint density at radius 3 is 2.71 bits per heavy atom. The van der Waals surface area contributed by atoms with Crippen LogP contribution in [0.1, 0.15) is 29.3 Å². The largest absolute Gasteiger partial charge is 0.315 e. The molecule has 0 unspecified atom stereocenters. The van der Waals surface area contributed by atoms with Gasteiger partial charge in [0.2, 0.25) is 0 Å². The molecule has 1 saturated heterocycles. The second kappa shape index (κ2) is 7.92. The molecule has 4 heterocycles. The van der Waals surface area contributed by atoms with Gasteiger partial charge < -0.3 is 5.32 Å². The standard InChI is InChI=1S/C23H19N7S/c1-15-20(13-28-30(15)19-6-7-26-12-19)17-8-22(23-18(10-25)11-27-29(23)14-17)31-21-5-3-2-4-16(21)9-24/h2-5,8,11,13-14,19,26H,6-7,12H2,1H3/t19-/m1/s1. The second-order valence-electron chi connectivity index (χ2n) is 7.50. The van der Waals surface area contributed by atoms with Gasteiger partial charge in [0.25, 0.3) is 0 Å². The normalized spacial score (nSPS) is 15.8. The average Bonchev–Trinajstić information content (AvgIpc) is 3.53. The van der Waals surface area contributed by atoms with Gasteiger partial charge in [-0.15, -0.1) is 0 Å². The third-order valence-corrected chi connectivity index (χ3v) is 6.77. The molecule has 0 amide bonds. The van der Waals surface area contributed by atoms with E-state index in [-0.39, 0.29) is 0 Å². The van der Waals surface area contributed by atoms with Crippen LogP contribution >= 0.6 is 11.8 Å². The van der Waals surface area contributed by atoms with Crippen LogP contribution < -0.4 is 5.32 Å². The number of hydrogen-bond donors (Lipinski definition) is 1. The van der Waals surface area contributed by atoms with Gasteiger partial charge in [-0.1, -0.05) is 23.9 Å².